The van der Waals surface area contributed by atoms with Crippen LogP contribution in [-0.2, 0) is 0 Å². The molecule has 0 aliphatic carbocycles. The van der Waals surface area contributed by atoms with Crippen LogP contribution in [0.25, 0.3) is 0 Å². The van der Waals surface area contributed by atoms with E-state index in [4.69, 9.17) is 19.9 Å². The Balaban J connectivity index is 1.41. The van der Waals surface area contributed by atoms with E-state index in [2.05, 4.69) is 38.7 Å². The molecule has 7 heteroatoms. The Morgan fingerprint density at radius 2 is 1.73 bits per heavy atom. The second kappa shape index (κ2) is 8.88. The van der Waals surface area contributed by atoms with Gasteiger partial charge < -0.3 is 24.8 Å². The van der Waals surface area contributed by atoms with Crippen LogP contribution in [0.15, 0.2) is 24.3 Å². The molecular formula is C26H35N3O4. The van der Waals surface area contributed by atoms with E-state index in [1.54, 1.807) is 32.4 Å². The maximum absolute atomic E-state index is 13.1. The highest BCUT2D eigenvalue weighted by Crippen LogP contribution is 2.46. The maximum Gasteiger partial charge on any atom is 0.254 e. The number of nitrogens with zero attached hydrogens (tertiary/aromatic N) is 2. The first-order chi connectivity index (χ1) is 15.7. The molecule has 0 saturated carbocycles. The number of ether oxygens (including phenoxy) is 3. The molecule has 2 aliphatic rings. The Kier molecular flexibility index (Phi) is 6.29. The minimum atomic E-state index is -0.499. The van der Waals surface area contributed by atoms with Crippen LogP contribution in [0.2, 0.25) is 0 Å². The van der Waals surface area contributed by atoms with Gasteiger partial charge in [-0.1, -0.05) is 6.07 Å². The minimum absolute atomic E-state index is 0.00441. The third-order valence-electron chi connectivity index (χ3n) is 7.17. The zero-order valence-electron chi connectivity index (χ0n) is 20.5. The zero-order chi connectivity index (χ0) is 23.9. The average molecular weight is 454 g/mol. The van der Waals surface area contributed by atoms with Gasteiger partial charge in [-0.25, -0.2) is 0 Å². The first-order valence-electron chi connectivity index (χ1n) is 11.5. The average Bonchev–Trinajstić information content (AvgIpc) is 3.08. The topological polar surface area (TPSA) is 77.3 Å². The Bertz CT molecular complexity index is 1060. The quantitative estimate of drug-likeness (QED) is 0.749. The number of carbonyl (C=O) groups excluding carboxylic acids is 1. The second-order valence-electron chi connectivity index (χ2n) is 9.41. The van der Waals surface area contributed by atoms with E-state index < -0.39 is 5.60 Å². The molecule has 4 rings (SSSR count). The fourth-order valence-electron chi connectivity index (χ4n) is 5.03. The molecule has 2 aromatic rings. The van der Waals surface area contributed by atoms with Crippen molar-refractivity contribution in [2.24, 2.45) is 5.73 Å². The van der Waals surface area contributed by atoms with E-state index in [0.717, 1.165) is 30.9 Å². The normalized spacial score (nSPS) is 22.6. The first-order valence-corrected chi connectivity index (χ1v) is 11.5. The summed E-state index contributed by atoms with van der Waals surface area (Å²) in [6.45, 7) is 12.0. The highest BCUT2D eigenvalue weighted by molar-refractivity contribution is 5.95. The highest BCUT2D eigenvalue weighted by atomic mass is 16.5. The fraction of sp³-hybridized carbons (Fsp3) is 0.500. The number of piperazine rings is 1. The Labute approximate surface area is 196 Å². The number of hydrogen-bond acceptors (Lipinski definition) is 6. The van der Waals surface area contributed by atoms with Crippen molar-refractivity contribution in [2.75, 3.05) is 46.9 Å². The van der Waals surface area contributed by atoms with Crippen molar-refractivity contribution in [2.45, 2.75) is 39.3 Å². The predicted octanol–water partition coefficient (Wildman–Crippen LogP) is 3.24. The highest BCUT2D eigenvalue weighted by Gasteiger charge is 2.46. The molecule has 2 unspecified atom stereocenters. The van der Waals surface area contributed by atoms with Crippen molar-refractivity contribution in [3.63, 3.8) is 0 Å². The summed E-state index contributed by atoms with van der Waals surface area (Å²) in [6.07, 6.45) is 0. The van der Waals surface area contributed by atoms with Crippen molar-refractivity contribution in [1.82, 2.24) is 9.80 Å². The van der Waals surface area contributed by atoms with E-state index in [1.807, 2.05) is 4.90 Å². The second-order valence-corrected chi connectivity index (χ2v) is 9.41. The van der Waals surface area contributed by atoms with Crippen molar-refractivity contribution in [3.05, 3.63) is 52.1 Å². The van der Waals surface area contributed by atoms with Crippen LogP contribution in [0.3, 0.4) is 0 Å². The SMILES string of the molecule is COc1ccc(C(=O)N2CCN(CC3(C)Oc4c(C)c(C)cc(C)c4C3N)CC2)cc1OC. The molecule has 2 atom stereocenters. The fourth-order valence-corrected chi connectivity index (χ4v) is 5.03. The maximum atomic E-state index is 13.1. The van der Waals surface area contributed by atoms with Crippen molar-refractivity contribution >= 4 is 5.91 Å². The van der Waals surface area contributed by atoms with Gasteiger partial charge in [-0.2, -0.15) is 0 Å². The minimum Gasteiger partial charge on any atom is -0.493 e. The van der Waals surface area contributed by atoms with Crippen LogP contribution in [0.1, 0.15) is 45.6 Å². The molecule has 2 heterocycles. The van der Waals surface area contributed by atoms with E-state index >= 15 is 0 Å². The third-order valence-corrected chi connectivity index (χ3v) is 7.17. The number of aryl methyl sites for hydroxylation is 2. The lowest BCUT2D eigenvalue weighted by Gasteiger charge is -2.40. The van der Waals surface area contributed by atoms with Gasteiger partial charge in [0.2, 0.25) is 0 Å². The molecule has 0 bridgehead atoms. The lowest BCUT2D eigenvalue weighted by molar-refractivity contribution is 0.0221. The number of nitrogens with two attached hydrogens (primary N) is 1. The Hall–Kier alpha value is -2.77. The number of amides is 1. The number of fused-ring (bicyclic) bond motifs is 1. The summed E-state index contributed by atoms with van der Waals surface area (Å²) in [5.41, 5.74) is 11.5. The molecule has 1 amide bonds. The van der Waals surface area contributed by atoms with Crippen molar-refractivity contribution in [1.29, 1.82) is 0 Å². The van der Waals surface area contributed by atoms with Gasteiger partial charge in [0.15, 0.2) is 11.5 Å². The molecule has 178 valence electrons. The summed E-state index contributed by atoms with van der Waals surface area (Å²) in [4.78, 5) is 17.3. The van der Waals surface area contributed by atoms with E-state index in [1.165, 1.54) is 16.7 Å². The molecule has 0 radical (unpaired) electrons. The lowest BCUT2D eigenvalue weighted by Crippen LogP contribution is -2.55. The number of hydrogen-bond donors (Lipinski definition) is 1. The Morgan fingerprint density at radius 3 is 2.36 bits per heavy atom. The molecule has 33 heavy (non-hydrogen) atoms. The van der Waals surface area contributed by atoms with Gasteiger partial charge in [-0.3, -0.25) is 9.69 Å². The monoisotopic (exact) mass is 453 g/mol. The van der Waals surface area contributed by atoms with Gasteiger partial charge in [0.1, 0.15) is 11.4 Å². The summed E-state index contributed by atoms with van der Waals surface area (Å²) in [7, 11) is 3.16. The van der Waals surface area contributed by atoms with E-state index in [9.17, 15) is 4.79 Å². The predicted molar refractivity (Wildman–Crippen MR) is 129 cm³/mol. The smallest absolute Gasteiger partial charge is 0.254 e. The van der Waals surface area contributed by atoms with Gasteiger partial charge in [-0.15, -0.1) is 0 Å². The largest absolute Gasteiger partial charge is 0.493 e. The molecular weight excluding hydrogens is 418 g/mol. The van der Waals surface area contributed by atoms with Gasteiger partial charge in [0.25, 0.3) is 5.91 Å². The molecule has 0 spiro atoms. The molecule has 2 aliphatic heterocycles. The lowest BCUT2D eigenvalue weighted by atomic mass is 9.88. The zero-order valence-corrected chi connectivity index (χ0v) is 20.5. The van der Waals surface area contributed by atoms with Crippen LogP contribution >= 0.6 is 0 Å². The van der Waals surface area contributed by atoms with Crippen LogP contribution in [0.5, 0.6) is 17.2 Å². The summed E-state index contributed by atoms with van der Waals surface area (Å²) >= 11 is 0. The third kappa shape index (κ3) is 4.15. The van der Waals surface area contributed by atoms with Crippen LogP contribution in [0, 0.1) is 20.8 Å². The van der Waals surface area contributed by atoms with Gasteiger partial charge >= 0.3 is 0 Å². The molecule has 2 aromatic carbocycles. The summed E-state index contributed by atoms with van der Waals surface area (Å²) < 4.78 is 17.1. The summed E-state index contributed by atoms with van der Waals surface area (Å²) in [5.74, 6) is 2.12. The van der Waals surface area contributed by atoms with Crippen LogP contribution < -0.4 is 19.9 Å². The molecule has 7 nitrogen and oxygen atoms in total. The number of methoxy groups -OCH3 is 2. The van der Waals surface area contributed by atoms with Gasteiger partial charge in [0.05, 0.1) is 20.3 Å². The number of carbonyl (C=O) groups is 1. The number of rotatable bonds is 5. The number of benzene rings is 2. The standard InChI is InChI=1S/C26H35N3O4/c1-16-13-17(2)22-23(18(16)3)33-26(4,24(22)27)15-28-9-11-29(12-10-28)25(30)19-7-8-20(31-5)21(14-19)32-6/h7-8,13-14,24H,9-12,15,27H2,1-6H3. The summed E-state index contributed by atoms with van der Waals surface area (Å²) in [6, 6.07) is 7.31. The Morgan fingerprint density at radius 1 is 1.06 bits per heavy atom. The molecule has 1 fully saturated rings. The molecule has 0 aromatic heterocycles. The molecule has 1 saturated heterocycles. The van der Waals surface area contributed by atoms with Crippen LogP contribution in [-0.4, -0.2) is 68.3 Å². The van der Waals surface area contributed by atoms with Crippen molar-refractivity contribution in [3.8, 4) is 17.2 Å². The van der Waals surface area contributed by atoms with Gasteiger partial charge in [-0.05, 0) is 62.6 Å². The summed E-state index contributed by atoms with van der Waals surface area (Å²) in [5, 5.41) is 0. The first kappa shape index (κ1) is 23.4. The van der Waals surface area contributed by atoms with E-state index in [0.29, 0.717) is 30.2 Å². The molecule has 2 N–H and O–H groups in total. The van der Waals surface area contributed by atoms with E-state index in [-0.39, 0.29) is 11.9 Å². The van der Waals surface area contributed by atoms with Crippen LogP contribution in [0.4, 0.5) is 0 Å². The van der Waals surface area contributed by atoms with Gasteiger partial charge in [0, 0.05) is 43.9 Å². The van der Waals surface area contributed by atoms with Crippen molar-refractivity contribution < 1.29 is 19.0 Å².